The molecule has 2 rings (SSSR count). The number of nitrogens with zero attached hydrogens (tertiary/aromatic N) is 2. The Kier molecular flexibility index (Phi) is 3.19. The second-order valence-electron chi connectivity index (χ2n) is 3.22. The van der Waals surface area contributed by atoms with Gasteiger partial charge in [0.25, 0.3) is 0 Å². The van der Waals surface area contributed by atoms with Gasteiger partial charge in [0.1, 0.15) is 5.15 Å². The number of hydrogen-bond donors (Lipinski definition) is 2. The zero-order valence-corrected chi connectivity index (χ0v) is 8.96. The average Bonchev–Trinajstić information content (AvgIpc) is 2.30. The molecule has 2 aromatic rings. The summed E-state index contributed by atoms with van der Waals surface area (Å²) in [5.41, 5.74) is 1.88. The zero-order valence-electron chi connectivity index (χ0n) is 8.21. The topological polar surface area (TPSA) is 66.2 Å². The molecule has 0 aliphatic rings. The minimum atomic E-state index is -1.50. The molecule has 0 aliphatic carbocycles. The van der Waals surface area contributed by atoms with E-state index in [2.05, 4.69) is 9.97 Å². The minimum Gasteiger partial charge on any atom is -0.423 e. The fraction of sp³-hybridized carbons (Fsp3) is 0. The molecule has 0 fully saturated rings. The Balaban J connectivity index is 2.31. The average molecular weight is 234 g/mol. The van der Waals surface area contributed by atoms with Crippen molar-refractivity contribution in [2.24, 2.45) is 0 Å². The van der Waals surface area contributed by atoms with Crippen LogP contribution in [0, 0.1) is 0 Å². The molecule has 0 saturated heterocycles. The van der Waals surface area contributed by atoms with Gasteiger partial charge in [-0.25, -0.2) is 4.98 Å². The van der Waals surface area contributed by atoms with Gasteiger partial charge in [-0.1, -0.05) is 17.7 Å². The van der Waals surface area contributed by atoms with E-state index in [1.807, 2.05) is 0 Å². The molecule has 2 heterocycles. The van der Waals surface area contributed by atoms with E-state index in [0.717, 1.165) is 5.56 Å². The van der Waals surface area contributed by atoms with Gasteiger partial charge in [-0.3, -0.25) is 4.98 Å². The summed E-state index contributed by atoms with van der Waals surface area (Å²) in [6.45, 7) is 0. The van der Waals surface area contributed by atoms with Crippen LogP contribution in [0.2, 0.25) is 5.15 Å². The van der Waals surface area contributed by atoms with E-state index in [-0.39, 0.29) is 0 Å². The number of pyridine rings is 2. The molecule has 0 radical (unpaired) electrons. The van der Waals surface area contributed by atoms with Crippen LogP contribution in [0.15, 0.2) is 36.7 Å². The van der Waals surface area contributed by atoms with Crippen LogP contribution in [-0.2, 0) is 0 Å². The van der Waals surface area contributed by atoms with E-state index in [4.69, 9.17) is 21.6 Å². The quantitative estimate of drug-likeness (QED) is 0.586. The Bertz CT molecular complexity index is 473. The summed E-state index contributed by atoms with van der Waals surface area (Å²) in [4.78, 5) is 8.04. The second kappa shape index (κ2) is 4.61. The highest BCUT2D eigenvalue weighted by Crippen LogP contribution is 2.16. The highest BCUT2D eigenvalue weighted by atomic mass is 35.5. The van der Waals surface area contributed by atoms with Gasteiger partial charge < -0.3 is 10.0 Å². The third kappa shape index (κ3) is 2.39. The Morgan fingerprint density at radius 3 is 2.31 bits per heavy atom. The van der Waals surface area contributed by atoms with Crippen LogP contribution < -0.4 is 5.46 Å². The van der Waals surface area contributed by atoms with Crippen molar-refractivity contribution < 1.29 is 10.0 Å². The Morgan fingerprint density at radius 1 is 1.00 bits per heavy atom. The van der Waals surface area contributed by atoms with Crippen molar-refractivity contribution in [3.8, 4) is 11.3 Å². The molecular formula is C10H8BClN2O2. The molecule has 0 spiro atoms. The maximum absolute atomic E-state index is 8.91. The normalized spacial score (nSPS) is 10.2. The molecule has 0 aliphatic heterocycles. The maximum Gasteiger partial charge on any atom is 0.490 e. The lowest BCUT2D eigenvalue weighted by atomic mass is 9.81. The first-order valence-corrected chi connectivity index (χ1v) is 4.98. The van der Waals surface area contributed by atoms with Gasteiger partial charge in [0.05, 0.1) is 5.69 Å². The molecule has 0 saturated carbocycles. The van der Waals surface area contributed by atoms with Crippen LogP contribution in [0.1, 0.15) is 0 Å². The molecule has 80 valence electrons. The van der Waals surface area contributed by atoms with Gasteiger partial charge in [-0.15, -0.1) is 0 Å². The summed E-state index contributed by atoms with van der Waals surface area (Å²) in [6.07, 6.45) is 3.02. The van der Waals surface area contributed by atoms with Crippen LogP contribution >= 0.6 is 11.6 Å². The van der Waals surface area contributed by atoms with Crippen molar-refractivity contribution in [3.63, 3.8) is 0 Å². The van der Waals surface area contributed by atoms with Crippen molar-refractivity contribution in [1.82, 2.24) is 9.97 Å². The van der Waals surface area contributed by atoms with Crippen LogP contribution in [0.3, 0.4) is 0 Å². The minimum absolute atomic E-state index is 0.352. The van der Waals surface area contributed by atoms with E-state index in [1.165, 1.54) is 6.20 Å². The Hall–Kier alpha value is -1.43. The second-order valence-corrected chi connectivity index (χ2v) is 3.61. The van der Waals surface area contributed by atoms with E-state index in [1.54, 1.807) is 30.5 Å². The summed E-state index contributed by atoms with van der Waals surface area (Å²) in [6, 6.07) is 6.77. The first-order valence-electron chi connectivity index (χ1n) is 4.61. The predicted octanol–water partition coefficient (Wildman–Crippen LogP) is 0.477. The van der Waals surface area contributed by atoms with E-state index in [9.17, 15) is 0 Å². The van der Waals surface area contributed by atoms with Crippen LogP contribution in [0.4, 0.5) is 0 Å². The van der Waals surface area contributed by atoms with Gasteiger partial charge in [0.15, 0.2) is 0 Å². The van der Waals surface area contributed by atoms with Crippen molar-refractivity contribution in [3.05, 3.63) is 41.8 Å². The van der Waals surface area contributed by atoms with Gasteiger partial charge in [-0.2, -0.15) is 0 Å². The monoisotopic (exact) mass is 234 g/mol. The molecule has 0 atom stereocenters. The van der Waals surface area contributed by atoms with E-state index in [0.29, 0.717) is 16.3 Å². The SMILES string of the molecule is OB(O)c1ccc(-c2ccc(Cl)nc2)nc1. The maximum atomic E-state index is 8.91. The number of halogens is 1. The molecule has 0 unspecified atom stereocenters. The highest BCUT2D eigenvalue weighted by molar-refractivity contribution is 6.58. The van der Waals surface area contributed by atoms with Crippen LogP contribution in [-0.4, -0.2) is 27.1 Å². The summed E-state index contributed by atoms with van der Waals surface area (Å²) < 4.78 is 0. The molecule has 2 aromatic heterocycles. The van der Waals surface area contributed by atoms with Crippen molar-refractivity contribution in [2.75, 3.05) is 0 Å². The Labute approximate surface area is 97.7 Å². The summed E-state index contributed by atoms with van der Waals surface area (Å²) in [5.74, 6) is 0. The molecule has 6 heteroatoms. The molecular weight excluding hydrogens is 226 g/mol. The first-order chi connectivity index (χ1) is 7.66. The van der Waals surface area contributed by atoms with Crippen molar-refractivity contribution in [2.45, 2.75) is 0 Å². The highest BCUT2D eigenvalue weighted by Gasteiger charge is 2.11. The van der Waals surface area contributed by atoms with Gasteiger partial charge in [-0.05, 0) is 18.2 Å². The van der Waals surface area contributed by atoms with Crippen molar-refractivity contribution >= 4 is 24.2 Å². The molecule has 0 amide bonds. The standard InChI is InChI=1S/C10H8BClN2O2/c12-10-4-1-7(5-14-10)9-3-2-8(6-13-9)11(15)16/h1-6,15-16H. The van der Waals surface area contributed by atoms with Crippen LogP contribution in [0.5, 0.6) is 0 Å². The molecule has 0 bridgehead atoms. The molecule has 4 nitrogen and oxygen atoms in total. The molecule has 2 N–H and O–H groups in total. The predicted molar refractivity (Wildman–Crippen MR) is 62.3 cm³/mol. The van der Waals surface area contributed by atoms with E-state index >= 15 is 0 Å². The summed E-state index contributed by atoms with van der Waals surface area (Å²) in [7, 11) is -1.50. The fourth-order valence-corrected chi connectivity index (χ4v) is 1.37. The third-order valence-corrected chi connectivity index (χ3v) is 2.33. The molecule has 16 heavy (non-hydrogen) atoms. The van der Waals surface area contributed by atoms with Crippen LogP contribution in [0.25, 0.3) is 11.3 Å². The Morgan fingerprint density at radius 2 is 1.81 bits per heavy atom. The largest absolute Gasteiger partial charge is 0.490 e. The summed E-state index contributed by atoms with van der Waals surface area (Å²) in [5, 5.41) is 18.2. The lowest BCUT2D eigenvalue weighted by molar-refractivity contribution is 0.425. The molecule has 0 aromatic carbocycles. The first kappa shape index (κ1) is 11.1. The van der Waals surface area contributed by atoms with E-state index < -0.39 is 7.12 Å². The van der Waals surface area contributed by atoms with Gasteiger partial charge >= 0.3 is 7.12 Å². The number of hydrogen-bond acceptors (Lipinski definition) is 4. The van der Waals surface area contributed by atoms with Gasteiger partial charge in [0.2, 0.25) is 0 Å². The smallest absolute Gasteiger partial charge is 0.423 e. The summed E-state index contributed by atoms with van der Waals surface area (Å²) >= 11 is 5.67. The number of aromatic nitrogens is 2. The van der Waals surface area contributed by atoms with Gasteiger partial charge in [0, 0.05) is 23.4 Å². The number of rotatable bonds is 2. The van der Waals surface area contributed by atoms with Crippen molar-refractivity contribution in [1.29, 1.82) is 0 Å². The fourth-order valence-electron chi connectivity index (χ4n) is 1.26. The zero-order chi connectivity index (χ0) is 11.5. The lowest BCUT2D eigenvalue weighted by Gasteiger charge is -2.02. The third-order valence-electron chi connectivity index (χ3n) is 2.11. The lowest BCUT2D eigenvalue weighted by Crippen LogP contribution is -2.29.